The Bertz CT molecular complexity index is 1040. The van der Waals surface area contributed by atoms with Gasteiger partial charge >= 0.3 is 5.97 Å². The smallest absolute Gasteiger partial charge is 0.317 e. The van der Waals surface area contributed by atoms with Crippen molar-refractivity contribution in [2.75, 3.05) is 26.2 Å². The summed E-state index contributed by atoms with van der Waals surface area (Å²) in [7, 11) is 0. The first-order valence-electron chi connectivity index (χ1n) is 13.1. The molecule has 6 rings (SSSR count). The summed E-state index contributed by atoms with van der Waals surface area (Å²) in [5.41, 5.74) is 0.654. The molecule has 0 N–H and O–H groups in total. The summed E-state index contributed by atoms with van der Waals surface area (Å²) in [4.78, 5) is 35.1. The minimum Gasteiger partial charge on any atom is -0.455 e. The predicted molar refractivity (Wildman–Crippen MR) is 129 cm³/mol. The monoisotopic (exact) mass is 480 g/mol. The van der Waals surface area contributed by atoms with Crippen LogP contribution in [0, 0.1) is 11.7 Å². The first kappa shape index (κ1) is 24.0. The number of piperidine rings is 3. The fraction of sp³-hybridized carbons (Fsp3) is 0.571. The molecule has 0 spiro atoms. The van der Waals surface area contributed by atoms with E-state index in [1.165, 1.54) is 12.1 Å². The molecule has 4 fully saturated rings. The van der Waals surface area contributed by atoms with Crippen molar-refractivity contribution in [1.29, 1.82) is 0 Å². The van der Waals surface area contributed by atoms with Crippen molar-refractivity contribution >= 4 is 11.8 Å². The van der Waals surface area contributed by atoms with E-state index in [1.807, 2.05) is 6.07 Å². The van der Waals surface area contributed by atoms with Crippen LogP contribution < -0.4 is 0 Å². The second-order valence-electron chi connectivity index (χ2n) is 10.8. The van der Waals surface area contributed by atoms with Gasteiger partial charge in [0, 0.05) is 37.4 Å². The van der Waals surface area contributed by atoms with Gasteiger partial charge in [0.2, 0.25) is 0 Å². The second-order valence-corrected chi connectivity index (χ2v) is 10.8. The van der Waals surface area contributed by atoms with Crippen molar-refractivity contribution in [3.8, 4) is 0 Å². The number of Topliss-reactive ketones (excluding diaryl/α,β-unsaturated/α-hetero) is 1. The van der Waals surface area contributed by atoms with Crippen LogP contribution in [-0.4, -0.2) is 58.5 Å². The molecule has 3 saturated heterocycles. The van der Waals surface area contributed by atoms with Gasteiger partial charge in [-0.25, -0.2) is 4.39 Å². The molecule has 0 radical (unpaired) electrons. The maximum atomic E-state index is 14.2. The SMILES string of the molecule is O=C(Cc1cnccn1)C[N+]12CCC(CC1)[C@@H](OC(=O)C1(c3cccc(F)c3)CCCCCC1)C2. The van der Waals surface area contributed by atoms with Gasteiger partial charge in [0.1, 0.15) is 18.9 Å². The number of hydrogen-bond acceptors (Lipinski definition) is 5. The number of aromatic nitrogens is 2. The van der Waals surface area contributed by atoms with E-state index < -0.39 is 5.41 Å². The first-order chi connectivity index (χ1) is 17.0. The number of fused-ring (bicyclic) bond motifs is 3. The molecular formula is C28H35FN3O3+. The minimum absolute atomic E-state index is 0.149. The van der Waals surface area contributed by atoms with Crippen LogP contribution in [0.25, 0.3) is 0 Å². The molecule has 1 aliphatic carbocycles. The van der Waals surface area contributed by atoms with Crippen LogP contribution in [-0.2, 0) is 26.2 Å². The van der Waals surface area contributed by atoms with Crippen molar-refractivity contribution in [3.63, 3.8) is 0 Å². The Morgan fingerprint density at radius 1 is 1.09 bits per heavy atom. The van der Waals surface area contributed by atoms with Gasteiger partial charge in [-0.3, -0.25) is 19.6 Å². The zero-order valence-corrected chi connectivity index (χ0v) is 20.3. The Morgan fingerprint density at radius 2 is 1.86 bits per heavy atom. The van der Waals surface area contributed by atoms with Crippen LogP contribution in [0.2, 0.25) is 0 Å². The Hall–Kier alpha value is -2.67. The zero-order chi connectivity index (χ0) is 24.3. The highest BCUT2D eigenvalue weighted by atomic mass is 19.1. The fourth-order valence-corrected chi connectivity index (χ4v) is 6.61. The molecule has 186 valence electrons. The van der Waals surface area contributed by atoms with E-state index in [9.17, 15) is 14.0 Å². The Balaban J connectivity index is 1.31. The fourth-order valence-electron chi connectivity index (χ4n) is 6.61. The van der Waals surface area contributed by atoms with Crippen molar-refractivity contribution in [1.82, 2.24) is 9.97 Å². The number of nitrogens with zero attached hydrogens (tertiary/aromatic N) is 3. The summed E-state index contributed by atoms with van der Waals surface area (Å²) >= 11 is 0. The lowest BCUT2D eigenvalue weighted by molar-refractivity contribution is -0.939. The molecule has 1 saturated carbocycles. The number of carbonyl (C=O) groups is 2. The lowest BCUT2D eigenvalue weighted by Gasteiger charge is -2.52. The van der Waals surface area contributed by atoms with E-state index in [0.29, 0.717) is 42.0 Å². The number of rotatable bonds is 7. The Kier molecular flexibility index (Phi) is 6.96. The average Bonchev–Trinajstić information content (AvgIpc) is 3.12. The molecule has 1 aromatic heterocycles. The molecule has 0 amide bonds. The van der Waals surface area contributed by atoms with Gasteiger partial charge in [-0.1, -0.05) is 37.8 Å². The molecule has 35 heavy (non-hydrogen) atoms. The van der Waals surface area contributed by atoms with Crippen LogP contribution in [0.3, 0.4) is 0 Å². The number of halogens is 1. The van der Waals surface area contributed by atoms with Gasteiger partial charge in [0.05, 0.1) is 30.6 Å². The second kappa shape index (κ2) is 10.1. The summed E-state index contributed by atoms with van der Waals surface area (Å²) in [5.74, 6) is -0.0269. The van der Waals surface area contributed by atoms with Crippen LogP contribution in [0.5, 0.6) is 0 Å². The lowest BCUT2D eigenvalue weighted by Crippen LogP contribution is -2.66. The highest BCUT2D eigenvalue weighted by Gasteiger charge is 2.51. The first-order valence-corrected chi connectivity index (χ1v) is 13.1. The van der Waals surface area contributed by atoms with Crippen LogP contribution in [0.4, 0.5) is 4.39 Å². The highest BCUT2D eigenvalue weighted by Crippen LogP contribution is 2.42. The van der Waals surface area contributed by atoms with E-state index >= 15 is 0 Å². The third-order valence-corrected chi connectivity index (χ3v) is 8.53. The lowest BCUT2D eigenvalue weighted by atomic mass is 9.74. The van der Waals surface area contributed by atoms with Crippen molar-refractivity contribution < 1.29 is 23.2 Å². The van der Waals surface area contributed by atoms with E-state index in [2.05, 4.69) is 9.97 Å². The molecule has 7 heteroatoms. The molecule has 1 aromatic carbocycles. The maximum absolute atomic E-state index is 14.2. The molecule has 4 aliphatic rings. The quantitative estimate of drug-likeness (QED) is 0.338. The van der Waals surface area contributed by atoms with E-state index in [1.54, 1.807) is 24.7 Å². The van der Waals surface area contributed by atoms with E-state index in [4.69, 9.17) is 4.74 Å². The molecule has 3 aliphatic heterocycles. The average molecular weight is 481 g/mol. The summed E-state index contributed by atoms with van der Waals surface area (Å²) in [5, 5.41) is 0. The third kappa shape index (κ3) is 5.15. The Labute approximate surface area is 206 Å². The van der Waals surface area contributed by atoms with Gasteiger partial charge in [0.15, 0.2) is 11.9 Å². The van der Waals surface area contributed by atoms with Crippen molar-refractivity contribution in [3.05, 3.63) is 59.9 Å². The normalized spacial score (nSPS) is 27.7. The van der Waals surface area contributed by atoms with Gasteiger partial charge in [-0.05, 0) is 30.5 Å². The van der Waals surface area contributed by atoms with Gasteiger partial charge in [-0.2, -0.15) is 0 Å². The summed E-state index contributed by atoms with van der Waals surface area (Å²) in [6, 6.07) is 6.52. The summed E-state index contributed by atoms with van der Waals surface area (Å²) in [6.07, 6.45) is 12.3. The number of benzene rings is 1. The molecule has 2 bridgehead atoms. The largest absolute Gasteiger partial charge is 0.455 e. The molecular weight excluding hydrogens is 445 g/mol. The van der Waals surface area contributed by atoms with Crippen LogP contribution in [0.1, 0.15) is 62.6 Å². The number of hydrogen-bond donors (Lipinski definition) is 0. The third-order valence-electron chi connectivity index (χ3n) is 8.53. The van der Waals surface area contributed by atoms with Gasteiger partial charge in [0.25, 0.3) is 0 Å². The number of esters is 1. The summed E-state index contributed by atoms with van der Waals surface area (Å²) < 4.78 is 21.2. The number of ether oxygens (including phenoxy) is 1. The topological polar surface area (TPSA) is 69.2 Å². The number of ketones is 1. The highest BCUT2D eigenvalue weighted by molar-refractivity contribution is 5.83. The van der Waals surface area contributed by atoms with Gasteiger partial charge in [-0.15, -0.1) is 0 Å². The maximum Gasteiger partial charge on any atom is 0.317 e. The van der Waals surface area contributed by atoms with E-state index in [-0.39, 0.29) is 30.1 Å². The zero-order valence-electron chi connectivity index (χ0n) is 20.3. The molecule has 4 heterocycles. The molecule has 0 unspecified atom stereocenters. The van der Waals surface area contributed by atoms with Crippen molar-refractivity contribution in [2.24, 2.45) is 5.92 Å². The molecule has 2 aromatic rings. The molecule has 1 atom stereocenters. The standard InChI is InChI=1S/C28H35FN3O3/c29-23-7-5-6-22(16-23)28(10-3-1-2-4-11-28)27(34)35-26-20-32(14-8-21(26)9-15-32)19-25(33)17-24-18-30-12-13-31-24/h5-7,12-13,16,18,21,26H,1-4,8-11,14-15,17,19-20H2/q+1/t21?,26-,32?/m0/s1. The Morgan fingerprint density at radius 3 is 2.54 bits per heavy atom. The minimum atomic E-state index is -0.781. The number of carbonyl (C=O) groups excluding carboxylic acids is 2. The molecule has 6 nitrogen and oxygen atoms in total. The van der Waals surface area contributed by atoms with Crippen LogP contribution in [0.15, 0.2) is 42.9 Å². The number of quaternary nitrogens is 1. The van der Waals surface area contributed by atoms with E-state index in [0.717, 1.165) is 57.2 Å². The van der Waals surface area contributed by atoms with Gasteiger partial charge < -0.3 is 9.22 Å². The summed E-state index contributed by atoms with van der Waals surface area (Å²) in [6.45, 7) is 3.01. The van der Waals surface area contributed by atoms with Crippen LogP contribution >= 0.6 is 0 Å². The van der Waals surface area contributed by atoms with Crippen molar-refractivity contribution in [2.45, 2.75) is 69.3 Å². The predicted octanol–water partition coefficient (Wildman–Crippen LogP) is 4.17.